The van der Waals surface area contributed by atoms with Crippen LogP contribution >= 0.6 is 0 Å². The number of H-pyrrole nitrogens is 1. The first-order valence-electron chi connectivity index (χ1n) is 7.35. The van der Waals surface area contributed by atoms with Gasteiger partial charge in [0, 0.05) is 31.4 Å². The number of urea groups is 1. The lowest BCUT2D eigenvalue weighted by atomic mass is 10.0. The molecule has 0 radical (unpaired) electrons. The molecule has 1 aliphatic heterocycles. The molecule has 2 heterocycles. The van der Waals surface area contributed by atoms with Crippen LogP contribution in [0, 0.1) is 5.92 Å². The molecular formula is C14H22N4O3. The van der Waals surface area contributed by atoms with Crippen LogP contribution < -0.4 is 5.32 Å². The fourth-order valence-electron chi connectivity index (χ4n) is 2.72. The number of nitrogens with one attached hydrogen (secondary N) is 2. The van der Waals surface area contributed by atoms with Gasteiger partial charge in [0.05, 0.1) is 6.33 Å². The summed E-state index contributed by atoms with van der Waals surface area (Å²) in [4.78, 5) is 31.9. The van der Waals surface area contributed by atoms with Crippen molar-refractivity contribution in [1.82, 2.24) is 20.2 Å². The number of aromatic nitrogens is 2. The van der Waals surface area contributed by atoms with Crippen LogP contribution in [0.25, 0.3) is 0 Å². The molecule has 1 fully saturated rings. The minimum atomic E-state index is -1.04. The van der Waals surface area contributed by atoms with Crippen LogP contribution in [0.1, 0.15) is 31.9 Å². The van der Waals surface area contributed by atoms with E-state index in [1.54, 1.807) is 11.1 Å². The summed E-state index contributed by atoms with van der Waals surface area (Å²) < 4.78 is 0. The van der Waals surface area contributed by atoms with Crippen LogP contribution in [0.2, 0.25) is 0 Å². The molecule has 2 atom stereocenters. The van der Waals surface area contributed by atoms with Gasteiger partial charge in [-0.25, -0.2) is 14.6 Å². The molecule has 0 saturated carbocycles. The molecule has 2 amide bonds. The summed E-state index contributed by atoms with van der Waals surface area (Å²) in [6.07, 6.45) is 6.48. The lowest BCUT2D eigenvalue weighted by Crippen LogP contribution is -2.48. The van der Waals surface area contributed by atoms with Gasteiger partial charge in [-0.1, -0.05) is 13.3 Å². The number of amides is 2. The summed E-state index contributed by atoms with van der Waals surface area (Å²) in [5.74, 6) is -0.501. The van der Waals surface area contributed by atoms with Crippen molar-refractivity contribution in [3.05, 3.63) is 18.2 Å². The Bertz CT molecular complexity index is 475. The van der Waals surface area contributed by atoms with E-state index in [4.69, 9.17) is 0 Å². The predicted octanol–water partition coefficient (Wildman–Crippen LogP) is 1.24. The highest BCUT2D eigenvalue weighted by Gasteiger charge is 2.29. The summed E-state index contributed by atoms with van der Waals surface area (Å²) in [5, 5.41) is 11.8. The third kappa shape index (κ3) is 4.21. The second-order valence-corrected chi connectivity index (χ2v) is 5.51. The Hall–Kier alpha value is -2.05. The van der Waals surface area contributed by atoms with E-state index in [0.717, 1.165) is 25.8 Å². The van der Waals surface area contributed by atoms with Crippen molar-refractivity contribution >= 4 is 12.0 Å². The van der Waals surface area contributed by atoms with Crippen molar-refractivity contribution in [1.29, 1.82) is 0 Å². The Morgan fingerprint density at radius 3 is 3.05 bits per heavy atom. The Balaban J connectivity index is 1.88. The minimum absolute atomic E-state index is 0.202. The second kappa shape index (κ2) is 7.10. The van der Waals surface area contributed by atoms with Gasteiger partial charge >= 0.3 is 12.0 Å². The molecular weight excluding hydrogens is 272 g/mol. The van der Waals surface area contributed by atoms with Gasteiger partial charge in [-0.15, -0.1) is 0 Å². The Kier molecular flexibility index (Phi) is 5.19. The smallest absolute Gasteiger partial charge is 0.326 e. The van der Waals surface area contributed by atoms with Gasteiger partial charge in [-0.3, -0.25) is 0 Å². The number of likely N-dealkylation sites (tertiary alicyclic amines) is 1. The maximum Gasteiger partial charge on any atom is 0.326 e. The van der Waals surface area contributed by atoms with E-state index < -0.39 is 12.0 Å². The predicted molar refractivity (Wildman–Crippen MR) is 76.8 cm³/mol. The number of hydrogen-bond donors (Lipinski definition) is 3. The summed E-state index contributed by atoms with van der Waals surface area (Å²) in [5.41, 5.74) is 0.688. The van der Waals surface area contributed by atoms with E-state index in [1.165, 1.54) is 6.33 Å². The summed E-state index contributed by atoms with van der Waals surface area (Å²) in [6.45, 7) is 3.55. The van der Waals surface area contributed by atoms with E-state index >= 15 is 0 Å². The monoisotopic (exact) mass is 294 g/mol. The molecule has 7 nitrogen and oxygen atoms in total. The Labute approximate surface area is 123 Å². The largest absolute Gasteiger partial charge is 0.480 e. The first kappa shape index (κ1) is 15.3. The van der Waals surface area contributed by atoms with E-state index in [1.807, 2.05) is 0 Å². The van der Waals surface area contributed by atoms with Crippen LogP contribution in [0.4, 0.5) is 4.79 Å². The lowest BCUT2D eigenvalue weighted by molar-refractivity contribution is -0.139. The zero-order chi connectivity index (χ0) is 15.2. The van der Waals surface area contributed by atoms with Crippen LogP contribution in [0.15, 0.2) is 12.5 Å². The van der Waals surface area contributed by atoms with Crippen LogP contribution in [0.3, 0.4) is 0 Å². The first-order valence-corrected chi connectivity index (χ1v) is 7.35. The molecule has 116 valence electrons. The van der Waals surface area contributed by atoms with Crippen molar-refractivity contribution in [2.75, 3.05) is 13.1 Å². The average Bonchev–Trinajstić information content (AvgIpc) is 3.09. The highest BCUT2D eigenvalue weighted by Crippen LogP contribution is 2.20. The van der Waals surface area contributed by atoms with E-state index in [9.17, 15) is 14.7 Å². The fourth-order valence-corrected chi connectivity index (χ4v) is 2.72. The van der Waals surface area contributed by atoms with E-state index in [2.05, 4.69) is 22.2 Å². The highest BCUT2D eigenvalue weighted by atomic mass is 16.4. The number of aromatic amines is 1. The molecule has 1 aliphatic rings. The molecule has 2 rings (SSSR count). The average molecular weight is 294 g/mol. The number of imidazole rings is 1. The summed E-state index contributed by atoms with van der Waals surface area (Å²) in [7, 11) is 0. The maximum atomic E-state index is 12.2. The van der Waals surface area contributed by atoms with Crippen molar-refractivity contribution in [2.45, 2.75) is 38.6 Å². The van der Waals surface area contributed by atoms with Crippen molar-refractivity contribution in [3.63, 3.8) is 0 Å². The summed E-state index contributed by atoms with van der Waals surface area (Å²) in [6, 6.07) is -1.23. The fraction of sp³-hybridized carbons (Fsp3) is 0.643. The number of carboxylic acid groups (broad SMARTS) is 1. The molecule has 1 aromatic rings. The SMILES string of the molecule is CCCC1CCN(C(=O)NC(Cc2cnc[nH]2)C(=O)O)C1. The quantitative estimate of drug-likeness (QED) is 0.735. The number of carbonyl (C=O) groups excluding carboxylic acids is 1. The topological polar surface area (TPSA) is 98.3 Å². The number of nitrogens with zero attached hydrogens (tertiary/aromatic N) is 2. The maximum absolute atomic E-state index is 12.2. The molecule has 0 spiro atoms. The van der Waals surface area contributed by atoms with Crippen molar-refractivity contribution < 1.29 is 14.7 Å². The number of carbonyl (C=O) groups is 2. The van der Waals surface area contributed by atoms with Crippen molar-refractivity contribution in [2.24, 2.45) is 5.92 Å². The normalized spacial score (nSPS) is 19.5. The van der Waals surface area contributed by atoms with Crippen molar-refractivity contribution in [3.8, 4) is 0 Å². The van der Waals surface area contributed by atoms with Gasteiger partial charge < -0.3 is 20.3 Å². The molecule has 7 heteroatoms. The van der Waals surface area contributed by atoms with Gasteiger partial charge in [0.1, 0.15) is 6.04 Å². The highest BCUT2D eigenvalue weighted by molar-refractivity contribution is 5.82. The van der Waals surface area contributed by atoms with Crippen LogP contribution in [0.5, 0.6) is 0 Å². The van der Waals surface area contributed by atoms with E-state index in [-0.39, 0.29) is 12.5 Å². The number of rotatable bonds is 6. The first-order chi connectivity index (χ1) is 10.1. The minimum Gasteiger partial charge on any atom is -0.480 e. The molecule has 3 N–H and O–H groups in total. The number of carboxylic acids is 1. The lowest BCUT2D eigenvalue weighted by Gasteiger charge is -2.21. The summed E-state index contributed by atoms with van der Waals surface area (Å²) >= 11 is 0. The Morgan fingerprint density at radius 2 is 2.43 bits per heavy atom. The third-order valence-corrected chi connectivity index (χ3v) is 3.84. The molecule has 21 heavy (non-hydrogen) atoms. The molecule has 0 bridgehead atoms. The standard InChI is InChI=1S/C14H22N4O3/c1-2-3-10-4-5-18(8-10)14(21)17-12(13(19)20)6-11-7-15-9-16-11/h7,9-10,12H,2-6,8H2,1H3,(H,15,16)(H,17,21)(H,19,20). The van der Waals surface area contributed by atoms with E-state index in [0.29, 0.717) is 18.2 Å². The zero-order valence-corrected chi connectivity index (χ0v) is 12.2. The molecule has 0 aliphatic carbocycles. The van der Waals surface area contributed by atoms with Gasteiger partial charge in [-0.2, -0.15) is 0 Å². The van der Waals surface area contributed by atoms with Gasteiger partial charge in [0.15, 0.2) is 0 Å². The Morgan fingerprint density at radius 1 is 1.62 bits per heavy atom. The molecule has 2 unspecified atom stereocenters. The zero-order valence-electron chi connectivity index (χ0n) is 12.2. The molecule has 1 saturated heterocycles. The van der Waals surface area contributed by atoms with Crippen LogP contribution in [-0.4, -0.2) is 51.1 Å². The van der Waals surface area contributed by atoms with Crippen LogP contribution in [-0.2, 0) is 11.2 Å². The number of aliphatic carboxylic acids is 1. The van der Waals surface area contributed by atoms with Gasteiger partial charge in [0.2, 0.25) is 0 Å². The number of hydrogen-bond acceptors (Lipinski definition) is 3. The molecule has 0 aromatic carbocycles. The second-order valence-electron chi connectivity index (χ2n) is 5.51. The van der Waals surface area contributed by atoms with Gasteiger partial charge in [-0.05, 0) is 18.8 Å². The third-order valence-electron chi connectivity index (χ3n) is 3.84. The van der Waals surface area contributed by atoms with Gasteiger partial charge in [0.25, 0.3) is 0 Å². The molecule has 1 aromatic heterocycles.